The Bertz CT molecular complexity index is 832. The molecule has 0 aliphatic carbocycles. The number of fused-ring (bicyclic) bond motifs is 2. The largest absolute Gasteiger partial charge is 0.381 e. The molecule has 0 radical (unpaired) electrons. The van der Waals surface area contributed by atoms with Crippen LogP contribution in [0.15, 0.2) is 53.9 Å². The average Bonchev–Trinajstić information content (AvgIpc) is 2.93. The zero-order chi connectivity index (χ0) is 13.5. The van der Waals surface area contributed by atoms with Crippen molar-refractivity contribution in [2.45, 2.75) is 0 Å². The molecule has 3 aromatic rings. The van der Waals surface area contributed by atoms with Gasteiger partial charge in [-0.15, -0.1) is 11.3 Å². The molecule has 1 nitrogen and oxygen atoms in total. The van der Waals surface area contributed by atoms with Crippen molar-refractivity contribution in [2.75, 3.05) is 11.9 Å². The van der Waals surface area contributed by atoms with Crippen LogP contribution < -0.4 is 5.32 Å². The van der Waals surface area contributed by atoms with Gasteiger partial charge in [-0.1, -0.05) is 12.1 Å². The van der Waals surface area contributed by atoms with Gasteiger partial charge >= 0.3 is 0 Å². The lowest BCUT2D eigenvalue weighted by molar-refractivity contribution is 0.628. The van der Waals surface area contributed by atoms with Gasteiger partial charge < -0.3 is 5.32 Å². The van der Waals surface area contributed by atoms with Crippen LogP contribution in [0.4, 0.5) is 10.1 Å². The highest BCUT2D eigenvalue weighted by Gasteiger charge is 2.14. The normalized spacial score (nSPS) is 13.8. The monoisotopic (exact) mass is 281 g/mol. The topological polar surface area (TPSA) is 12.0 Å². The fourth-order valence-corrected chi connectivity index (χ4v) is 3.45. The van der Waals surface area contributed by atoms with Crippen molar-refractivity contribution in [1.29, 1.82) is 0 Å². The maximum atomic E-state index is 13.3. The Morgan fingerprint density at radius 1 is 1.05 bits per heavy atom. The van der Waals surface area contributed by atoms with E-state index in [9.17, 15) is 4.39 Å². The summed E-state index contributed by atoms with van der Waals surface area (Å²) in [6.45, 7) is 0.730. The summed E-state index contributed by atoms with van der Waals surface area (Å²) in [5.74, 6) is -0.203. The van der Waals surface area contributed by atoms with Crippen LogP contribution in [0.2, 0.25) is 0 Å². The van der Waals surface area contributed by atoms with Crippen LogP contribution in [0.25, 0.3) is 15.7 Å². The summed E-state index contributed by atoms with van der Waals surface area (Å²) in [6, 6.07) is 13.6. The van der Waals surface area contributed by atoms with Crippen LogP contribution in [0.1, 0.15) is 11.1 Å². The molecule has 3 heteroatoms. The SMILES string of the molecule is Fc1ccc2c(c1)NCC=C2c1ccc2sccc2c1. The minimum atomic E-state index is -0.203. The van der Waals surface area contributed by atoms with E-state index in [0.29, 0.717) is 0 Å². The lowest BCUT2D eigenvalue weighted by Gasteiger charge is -2.19. The number of hydrogen-bond donors (Lipinski definition) is 1. The number of hydrogen-bond acceptors (Lipinski definition) is 2. The predicted molar refractivity (Wildman–Crippen MR) is 83.8 cm³/mol. The molecule has 1 aliphatic rings. The van der Waals surface area contributed by atoms with E-state index in [0.717, 1.165) is 17.8 Å². The molecule has 0 saturated heterocycles. The zero-order valence-corrected chi connectivity index (χ0v) is 11.5. The lowest BCUT2D eigenvalue weighted by Crippen LogP contribution is -2.09. The third-order valence-electron chi connectivity index (χ3n) is 3.63. The van der Waals surface area contributed by atoms with E-state index in [-0.39, 0.29) is 5.82 Å². The van der Waals surface area contributed by atoms with Gasteiger partial charge in [0.05, 0.1) is 0 Å². The molecular formula is C17H12FNS. The standard InChI is InChI=1S/C17H12FNS/c18-13-2-3-15-14(5-7-19-16(15)10-13)11-1-4-17-12(9-11)6-8-20-17/h1-6,8-10,19H,7H2. The third kappa shape index (κ3) is 1.82. The second kappa shape index (κ2) is 4.46. The molecule has 2 aromatic carbocycles. The van der Waals surface area contributed by atoms with E-state index >= 15 is 0 Å². The fourth-order valence-electron chi connectivity index (χ4n) is 2.68. The third-order valence-corrected chi connectivity index (χ3v) is 4.53. The summed E-state index contributed by atoms with van der Waals surface area (Å²) >= 11 is 1.75. The van der Waals surface area contributed by atoms with Gasteiger partial charge in [0.2, 0.25) is 0 Å². The van der Waals surface area contributed by atoms with Gasteiger partial charge in [0, 0.05) is 22.5 Å². The maximum absolute atomic E-state index is 13.3. The number of rotatable bonds is 1. The van der Waals surface area contributed by atoms with E-state index < -0.39 is 0 Å². The molecule has 98 valence electrons. The summed E-state index contributed by atoms with van der Waals surface area (Å²) in [5, 5.41) is 6.59. The molecule has 0 fully saturated rings. The Kier molecular flexibility index (Phi) is 2.60. The number of benzene rings is 2. The predicted octanol–water partition coefficient (Wildman–Crippen LogP) is 4.90. The van der Waals surface area contributed by atoms with Gasteiger partial charge in [0.1, 0.15) is 5.82 Å². The minimum Gasteiger partial charge on any atom is -0.381 e. The van der Waals surface area contributed by atoms with E-state index in [1.54, 1.807) is 17.4 Å². The Hall–Kier alpha value is -2.13. The molecule has 4 rings (SSSR count). The molecule has 2 heterocycles. The molecule has 20 heavy (non-hydrogen) atoms. The molecule has 0 unspecified atom stereocenters. The quantitative estimate of drug-likeness (QED) is 0.669. The first-order valence-electron chi connectivity index (χ1n) is 6.53. The molecule has 0 saturated carbocycles. The minimum absolute atomic E-state index is 0.203. The summed E-state index contributed by atoms with van der Waals surface area (Å²) in [7, 11) is 0. The highest BCUT2D eigenvalue weighted by atomic mass is 32.1. The fraction of sp³-hybridized carbons (Fsp3) is 0.0588. The first-order valence-corrected chi connectivity index (χ1v) is 7.41. The molecule has 0 bridgehead atoms. The number of halogens is 1. The number of anilines is 1. The molecular weight excluding hydrogens is 269 g/mol. The smallest absolute Gasteiger partial charge is 0.125 e. The summed E-state index contributed by atoms with van der Waals surface area (Å²) < 4.78 is 14.6. The Morgan fingerprint density at radius 2 is 2.00 bits per heavy atom. The Morgan fingerprint density at radius 3 is 2.95 bits per heavy atom. The summed E-state index contributed by atoms with van der Waals surface area (Å²) in [6.07, 6.45) is 2.16. The van der Waals surface area contributed by atoms with E-state index in [4.69, 9.17) is 0 Å². The molecule has 1 aromatic heterocycles. The maximum Gasteiger partial charge on any atom is 0.125 e. The van der Waals surface area contributed by atoms with E-state index in [1.165, 1.54) is 27.3 Å². The van der Waals surface area contributed by atoms with Crippen LogP contribution in [0, 0.1) is 5.82 Å². The Labute approximate surface area is 120 Å². The van der Waals surface area contributed by atoms with Crippen LogP contribution in [-0.4, -0.2) is 6.54 Å². The average molecular weight is 281 g/mol. The Balaban J connectivity index is 1.88. The molecule has 0 spiro atoms. The van der Waals surface area contributed by atoms with Crippen LogP contribution in [0.3, 0.4) is 0 Å². The summed E-state index contributed by atoms with van der Waals surface area (Å²) in [5.41, 5.74) is 4.29. The van der Waals surface area contributed by atoms with Gasteiger partial charge in [0.15, 0.2) is 0 Å². The van der Waals surface area contributed by atoms with Crippen molar-refractivity contribution < 1.29 is 4.39 Å². The second-order valence-electron chi connectivity index (χ2n) is 4.86. The number of nitrogens with one attached hydrogen (secondary N) is 1. The first kappa shape index (κ1) is 11.7. The van der Waals surface area contributed by atoms with E-state index in [2.05, 4.69) is 41.0 Å². The highest BCUT2D eigenvalue weighted by Crippen LogP contribution is 2.34. The van der Waals surface area contributed by atoms with Crippen molar-refractivity contribution in [3.63, 3.8) is 0 Å². The van der Waals surface area contributed by atoms with Crippen molar-refractivity contribution in [2.24, 2.45) is 0 Å². The van der Waals surface area contributed by atoms with Crippen LogP contribution in [-0.2, 0) is 0 Å². The van der Waals surface area contributed by atoms with Gasteiger partial charge in [0.25, 0.3) is 0 Å². The van der Waals surface area contributed by atoms with Crippen LogP contribution >= 0.6 is 11.3 Å². The zero-order valence-electron chi connectivity index (χ0n) is 10.7. The van der Waals surface area contributed by atoms with Crippen molar-refractivity contribution in [1.82, 2.24) is 0 Å². The van der Waals surface area contributed by atoms with Crippen LogP contribution in [0.5, 0.6) is 0 Å². The van der Waals surface area contributed by atoms with Gasteiger partial charge in [-0.2, -0.15) is 0 Å². The summed E-state index contributed by atoms with van der Waals surface area (Å²) in [4.78, 5) is 0. The van der Waals surface area contributed by atoms with Crippen molar-refractivity contribution in [3.8, 4) is 0 Å². The van der Waals surface area contributed by atoms with Gasteiger partial charge in [-0.25, -0.2) is 4.39 Å². The van der Waals surface area contributed by atoms with Crippen molar-refractivity contribution >= 4 is 32.7 Å². The highest BCUT2D eigenvalue weighted by molar-refractivity contribution is 7.17. The molecule has 0 atom stereocenters. The van der Waals surface area contributed by atoms with Gasteiger partial charge in [-0.3, -0.25) is 0 Å². The molecule has 0 amide bonds. The van der Waals surface area contributed by atoms with Gasteiger partial charge in [-0.05, 0) is 58.3 Å². The number of thiophene rings is 1. The molecule has 1 N–H and O–H groups in total. The van der Waals surface area contributed by atoms with Crippen molar-refractivity contribution in [3.05, 3.63) is 70.9 Å². The second-order valence-corrected chi connectivity index (χ2v) is 5.81. The first-order chi connectivity index (χ1) is 9.81. The van der Waals surface area contributed by atoms with E-state index in [1.807, 2.05) is 6.07 Å². The lowest BCUT2D eigenvalue weighted by atomic mass is 9.93. The molecule has 1 aliphatic heterocycles.